The predicted octanol–water partition coefficient (Wildman–Crippen LogP) is 2.63. The van der Waals surface area contributed by atoms with Crippen molar-refractivity contribution in [1.29, 1.82) is 0 Å². The fraction of sp³-hybridized carbons (Fsp3) is 0.280. The number of carbonyl (C=O) groups is 1. The number of amides is 1. The van der Waals surface area contributed by atoms with Gasteiger partial charge in [-0.25, -0.2) is 18.4 Å². The smallest absolute Gasteiger partial charge is 0.280 e. The number of rotatable bonds is 11. The molecule has 0 bridgehead atoms. The number of aromatic nitrogens is 5. The summed E-state index contributed by atoms with van der Waals surface area (Å²) in [6.45, 7) is 2.35. The second-order valence-corrected chi connectivity index (χ2v) is 11.7. The summed E-state index contributed by atoms with van der Waals surface area (Å²) in [5, 5.41) is 2.67. The van der Waals surface area contributed by atoms with Crippen molar-refractivity contribution < 1.29 is 17.9 Å². The van der Waals surface area contributed by atoms with Crippen LogP contribution in [0.3, 0.4) is 0 Å². The quantitative estimate of drug-likeness (QED) is 0.278. The lowest BCUT2D eigenvalue weighted by Gasteiger charge is -2.20. The van der Waals surface area contributed by atoms with E-state index in [1.807, 2.05) is 6.92 Å². The Morgan fingerprint density at radius 1 is 1.21 bits per heavy atom. The van der Waals surface area contributed by atoms with Crippen LogP contribution in [0.2, 0.25) is 0 Å². The van der Waals surface area contributed by atoms with Gasteiger partial charge in [0.1, 0.15) is 5.69 Å². The summed E-state index contributed by atoms with van der Waals surface area (Å²) in [4.78, 5) is 43.4. The minimum atomic E-state index is -3.49. The third-order valence-electron chi connectivity index (χ3n) is 5.80. The standard InChI is InChI=1S/C25H25N7O5S2/c1-2-37-22-14-26-12-19(29-22)21-13-28-25(38-21)24(34)30-20(15-32-10-4-3-5-23(32)33)18-11-16(8-9-27-18)31-39(35,36)17-6-7-17/h3-5,8-14,17,20H,2,6-7,15H2,1H3,(H,27,31)(H,30,34)/t20-/m0/s1. The van der Waals surface area contributed by atoms with Crippen LogP contribution in [-0.4, -0.2) is 50.7 Å². The van der Waals surface area contributed by atoms with Crippen molar-refractivity contribution in [2.75, 3.05) is 11.3 Å². The van der Waals surface area contributed by atoms with E-state index in [0.29, 0.717) is 47.3 Å². The molecular formula is C25H25N7O5S2. The van der Waals surface area contributed by atoms with Gasteiger partial charge in [-0.2, -0.15) is 0 Å². The Hall–Kier alpha value is -4.17. The number of anilines is 1. The van der Waals surface area contributed by atoms with Gasteiger partial charge in [-0.15, -0.1) is 11.3 Å². The van der Waals surface area contributed by atoms with E-state index in [1.54, 1.807) is 36.7 Å². The first-order chi connectivity index (χ1) is 18.8. The lowest BCUT2D eigenvalue weighted by atomic mass is 10.1. The Morgan fingerprint density at radius 3 is 2.82 bits per heavy atom. The highest BCUT2D eigenvalue weighted by molar-refractivity contribution is 7.93. The normalized spacial score (nSPS) is 14.0. The van der Waals surface area contributed by atoms with E-state index >= 15 is 0 Å². The topological polar surface area (TPSA) is 158 Å². The highest BCUT2D eigenvalue weighted by Gasteiger charge is 2.35. The maximum atomic E-state index is 13.3. The Morgan fingerprint density at radius 2 is 2.05 bits per heavy atom. The van der Waals surface area contributed by atoms with E-state index in [9.17, 15) is 18.0 Å². The molecule has 1 atom stereocenters. The number of hydrogen-bond acceptors (Lipinski definition) is 10. The summed E-state index contributed by atoms with van der Waals surface area (Å²) in [6, 6.07) is 7.08. The van der Waals surface area contributed by atoms with Crippen LogP contribution in [0, 0.1) is 0 Å². The van der Waals surface area contributed by atoms with Crippen LogP contribution in [0.4, 0.5) is 5.69 Å². The fourth-order valence-electron chi connectivity index (χ4n) is 3.75. The molecule has 0 radical (unpaired) electrons. The highest BCUT2D eigenvalue weighted by atomic mass is 32.2. The second-order valence-electron chi connectivity index (χ2n) is 8.74. The first-order valence-corrected chi connectivity index (χ1v) is 14.5. The maximum absolute atomic E-state index is 13.3. The summed E-state index contributed by atoms with van der Waals surface area (Å²) < 4.78 is 34.3. The molecule has 0 unspecified atom stereocenters. The zero-order valence-electron chi connectivity index (χ0n) is 20.9. The summed E-state index contributed by atoms with van der Waals surface area (Å²) in [6.07, 6.45) is 8.90. The van der Waals surface area contributed by atoms with Gasteiger partial charge in [0.15, 0.2) is 5.01 Å². The zero-order valence-corrected chi connectivity index (χ0v) is 22.5. The van der Waals surface area contributed by atoms with Gasteiger partial charge in [0, 0.05) is 24.7 Å². The molecule has 0 spiro atoms. The third kappa shape index (κ3) is 6.46. The molecular weight excluding hydrogens is 542 g/mol. The van der Waals surface area contributed by atoms with E-state index in [0.717, 1.165) is 11.3 Å². The van der Waals surface area contributed by atoms with Crippen LogP contribution in [0.5, 0.6) is 5.88 Å². The highest BCUT2D eigenvalue weighted by Crippen LogP contribution is 2.30. The number of ether oxygens (including phenoxy) is 1. The molecule has 1 aliphatic rings. The molecule has 1 amide bonds. The molecule has 4 aromatic rings. The SMILES string of the molecule is CCOc1cncc(-c2cnc(C(=O)N[C@@H](Cn3ccccc3=O)c3cc(NS(=O)(=O)C4CC4)ccn3)s2)n1. The summed E-state index contributed by atoms with van der Waals surface area (Å²) in [5.41, 5.74) is 0.965. The molecule has 1 fully saturated rings. The number of hydrogen-bond donors (Lipinski definition) is 2. The number of carbonyl (C=O) groups excluding carboxylic acids is 1. The number of nitrogens with zero attached hydrogens (tertiary/aromatic N) is 5. The van der Waals surface area contributed by atoms with Crippen LogP contribution in [-0.2, 0) is 16.6 Å². The fourth-order valence-corrected chi connectivity index (χ4v) is 5.90. The van der Waals surface area contributed by atoms with E-state index in [-0.39, 0.29) is 17.1 Å². The van der Waals surface area contributed by atoms with E-state index in [2.05, 4.69) is 30.0 Å². The minimum absolute atomic E-state index is 0.0668. The van der Waals surface area contributed by atoms with Gasteiger partial charge >= 0.3 is 0 Å². The van der Waals surface area contributed by atoms with E-state index < -0.39 is 27.2 Å². The number of thiazole rings is 1. The molecule has 202 valence electrons. The Labute approximate surface area is 228 Å². The third-order valence-corrected chi connectivity index (χ3v) is 8.69. The number of pyridine rings is 2. The molecule has 4 heterocycles. The van der Waals surface area contributed by atoms with E-state index in [1.165, 1.54) is 29.2 Å². The summed E-state index contributed by atoms with van der Waals surface area (Å²) in [5.74, 6) is -0.119. The van der Waals surface area contributed by atoms with Gasteiger partial charge < -0.3 is 14.6 Å². The molecule has 39 heavy (non-hydrogen) atoms. The summed E-state index contributed by atoms with van der Waals surface area (Å²) in [7, 11) is -3.49. The predicted molar refractivity (Wildman–Crippen MR) is 145 cm³/mol. The monoisotopic (exact) mass is 567 g/mol. The van der Waals surface area contributed by atoms with Crippen molar-refractivity contribution in [1.82, 2.24) is 29.8 Å². The number of sulfonamides is 1. The zero-order chi connectivity index (χ0) is 27.4. The molecule has 1 aliphatic carbocycles. The molecule has 0 aromatic carbocycles. The van der Waals surface area contributed by atoms with Crippen LogP contribution < -0.4 is 20.3 Å². The van der Waals surface area contributed by atoms with Crippen molar-refractivity contribution in [3.63, 3.8) is 0 Å². The molecule has 14 heteroatoms. The number of nitrogens with one attached hydrogen (secondary N) is 2. The Bertz CT molecular complexity index is 1650. The minimum Gasteiger partial charge on any atom is -0.477 e. The van der Waals surface area contributed by atoms with Gasteiger partial charge in [0.25, 0.3) is 11.5 Å². The lowest BCUT2D eigenvalue weighted by Crippen LogP contribution is -2.34. The van der Waals surface area contributed by atoms with Gasteiger partial charge in [0.05, 0.1) is 53.1 Å². The first-order valence-electron chi connectivity index (χ1n) is 12.2. The molecule has 2 N–H and O–H groups in total. The molecule has 1 saturated carbocycles. The van der Waals surface area contributed by atoms with Crippen LogP contribution in [0.25, 0.3) is 10.6 Å². The van der Waals surface area contributed by atoms with Gasteiger partial charge in [-0.1, -0.05) is 6.07 Å². The van der Waals surface area contributed by atoms with Gasteiger partial charge in [-0.05, 0) is 38.0 Å². The summed E-state index contributed by atoms with van der Waals surface area (Å²) >= 11 is 1.13. The van der Waals surface area contributed by atoms with Crippen molar-refractivity contribution in [3.05, 3.63) is 82.4 Å². The average Bonchev–Trinajstić information content (AvgIpc) is 3.68. The Kier molecular flexibility index (Phi) is 7.65. The van der Waals surface area contributed by atoms with Crippen LogP contribution in [0.15, 0.2) is 66.1 Å². The molecule has 4 aromatic heterocycles. The first kappa shape index (κ1) is 26.4. The molecule has 5 rings (SSSR count). The van der Waals surface area contributed by atoms with Crippen LogP contribution >= 0.6 is 11.3 Å². The molecule has 12 nitrogen and oxygen atoms in total. The maximum Gasteiger partial charge on any atom is 0.280 e. The largest absolute Gasteiger partial charge is 0.477 e. The lowest BCUT2D eigenvalue weighted by molar-refractivity contribution is 0.0931. The van der Waals surface area contributed by atoms with Crippen molar-refractivity contribution >= 4 is 33.0 Å². The van der Waals surface area contributed by atoms with E-state index in [4.69, 9.17) is 4.74 Å². The van der Waals surface area contributed by atoms with Gasteiger partial charge in [0.2, 0.25) is 15.9 Å². The van der Waals surface area contributed by atoms with Crippen molar-refractivity contribution in [2.45, 2.75) is 37.6 Å². The van der Waals surface area contributed by atoms with Gasteiger partial charge in [-0.3, -0.25) is 24.3 Å². The molecule has 0 saturated heterocycles. The van der Waals surface area contributed by atoms with Crippen molar-refractivity contribution in [2.24, 2.45) is 0 Å². The van der Waals surface area contributed by atoms with Crippen molar-refractivity contribution in [3.8, 4) is 16.5 Å². The average molecular weight is 568 g/mol. The molecule has 0 aliphatic heterocycles. The second kappa shape index (κ2) is 11.3. The van der Waals surface area contributed by atoms with Crippen LogP contribution in [0.1, 0.15) is 41.3 Å². The Balaban J connectivity index is 1.40.